The number of rotatable bonds is 7. The normalized spacial score (nSPS) is 14.1. The highest BCUT2D eigenvalue weighted by Crippen LogP contribution is 2.33. The molecular weight excluding hydrogens is 363 g/mol. The van der Waals surface area contributed by atoms with Crippen LogP contribution in [0.3, 0.4) is 0 Å². The lowest BCUT2D eigenvalue weighted by molar-refractivity contribution is -0.137. The number of hydrogen-bond acceptors (Lipinski definition) is 4. The van der Waals surface area contributed by atoms with Crippen molar-refractivity contribution in [1.82, 2.24) is 4.72 Å². The predicted molar refractivity (Wildman–Crippen MR) is 80.6 cm³/mol. The van der Waals surface area contributed by atoms with Crippen molar-refractivity contribution in [2.45, 2.75) is 23.5 Å². The van der Waals surface area contributed by atoms with E-state index in [4.69, 9.17) is 16.7 Å². The molecule has 0 bridgehead atoms. The summed E-state index contributed by atoms with van der Waals surface area (Å²) in [7, 11) is -4.22. The summed E-state index contributed by atoms with van der Waals surface area (Å²) < 4.78 is 64.8. The molecule has 0 saturated heterocycles. The molecule has 1 rings (SSSR count). The summed E-state index contributed by atoms with van der Waals surface area (Å²) >= 11 is 7.07. The number of halogens is 4. The number of sulfonamides is 1. The van der Waals surface area contributed by atoms with Crippen LogP contribution in [0.15, 0.2) is 23.1 Å². The maximum atomic E-state index is 12.7. The lowest BCUT2D eigenvalue weighted by Crippen LogP contribution is -2.37. The maximum absolute atomic E-state index is 12.7. The van der Waals surface area contributed by atoms with Crippen molar-refractivity contribution in [2.75, 3.05) is 18.6 Å². The third-order valence-corrected chi connectivity index (χ3v) is 5.45. The third kappa shape index (κ3) is 5.31. The van der Waals surface area contributed by atoms with Crippen LogP contribution in [0.25, 0.3) is 0 Å². The van der Waals surface area contributed by atoms with Crippen LogP contribution in [0.2, 0.25) is 5.02 Å². The first-order valence-corrected chi connectivity index (χ1v) is 9.36. The van der Waals surface area contributed by atoms with Crippen molar-refractivity contribution in [3.05, 3.63) is 28.8 Å². The van der Waals surface area contributed by atoms with Gasteiger partial charge in [-0.25, -0.2) is 13.1 Å². The van der Waals surface area contributed by atoms with Crippen LogP contribution in [0.1, 0.15) is 12.0 Å². The molecule has 0 fully saturated rings. The molecule has 1 atom stereocenters. The van der Waals surface area contributed by atoms with Gasteiger partial charge in [-0.15, -0.1) is 0 Å². The molecule has 0 aliphatic carbocycles. The number of nitrogens with one attached hydrogen (secondary N) is 1. The highest BCUT2D eigenvalue weighted by atomic mass is 35.5. The zero-order valence-electron chi connectivity index (χ0n) is 11.5. The predicted octanol–water partition coefficient (Wildman–Crippen LogP) is 2.75. The Labute approximate surface area is 136 Å². The highest BCUT2D eigenvalue weighted by Gasteiger charge is 2.33. The van der Waals surface area contributed by atoms with Crippen molar-refractivity contribution in [3.8, 4) is 0 Å². The first kappa shape index (κ1) is 19.6. The molecule has 22 heavy (non-hydrogen) atoms. The third-order valence-electron chi connectivity index (χ3n) is 2.72. The van der Waals surface area contributed by atoms with Crippen LogP contribution in [0, 0.1) is 0 Å². The summed E-state index contributed by atoms with van der Waals surface area (Å²) in [6, 6.07) is 1.51. The first-order valence-electron chi connectivity index (χ1n) is 6.10. The lowest BCUT2D eigenvalue weighted by atomic mass is 10.2. The molecule has 0 aromatic heterocycles. The van der Waals surface area contributed by atoms with Gasteiger partial charge >= 0.3 is 6.18 Å². The van der Waals surface area contributed by atoms with E-state index in [9.17, 15) is 21.6 Å². The summed E-state index contributed by atoms with van der Waals surface area (Å²) in [6.07, 6.45) is -2.77. The minimum atomic E-state index is -4.67. The number of thioether (sulfide) groups is 1. The second kappa shape index (κ2) is 7.87. The Morgan fingerprint density at radius 3 is 2.55 bits per heavy atom. The standard InChI is InChI=1S/C12H15ClF3NO3S2/c1-21-7-9(4-5-18)17-22(19,20)11-6-8(12(14,15)16)2-3-10(11)13/h2-3,6,9,17-18H,4-5,7H2,1H3/t9-/m1/s1. The van der Waals surface area contributed by atoms with Crippen molar-refractivity contribution >= 4 is 33.4 Å². The Morgan fingerprint density at radius 2 is 2.05 bits per heavy atom. The van der Waals surface area contributed by atoms with Gasteiger partial charge in [-0.1, -0.05) is 11.6 Å². The molecule has 1 aromatic rings. The minimum Gasteiger partial charge on any atom is -0.396 e. The second-order valence-corrected chi connectivity index (χ2v) is 7.43. The Bertz CT molecular complexity index is 602. The number of benzene rings is 1. The van der Waals surface area contributed by atoms with Crippen LogP contribution in [0.4, 0.5) is 13.2 Å². The monoisotopic (exact) mass is 377 g/mol. The molecule has 2 N–H and O–H groups in total. The topological polar surface area (TPSA) is 66.4 Å². The van der Waals surface area contributed by atoms with Gasteiger partial charge in [0.1, 0.15) is 4.90 Å². The van der Waals surface area contributed by atoms with E-state index in [-0.39, 0.29) is 18.1 Å². The Hall–Kier alpha value is -0.480. The molecule has 0 unspecified atom stereocenters. The molecule has 4 nitrogen and oxygen atoms in total. The van der Waals surface area contributed by atoms with Crippen LogP contribution >= 0.6 is 23.4 Å². The number of alkyl halides is 3. The van der Waals surface area contributed by atoms with Gasteiger partial charge in [-0.05, 0) is 30.9 Å². The van der Waals surface area contributed by atoms with Gasteiger partial charge in [-0.2, -0.15) is 24.9 Å². The second-order valence-electron chi connectivity index (χ2n) is 4.43. The van der Waals surface area contributed by atoms with E-state index in [2.05, 4.69) is 4.72 Å². The molecule has 0 aliphatic rings. The van der Waals surface area contributed by atoms with E-state index < -0.39 is 32.7 Å². The Balaban J connectivity index is 3.16. The van der Waals surface area contributed by atoms with E-state index in [0.29, 0.717) is 17.9 Å². The van der Waals surface area contributed by atoms with E-state index in [1.165, 1.54) is 11.8 Å². The van der Waals surface area contributed by atoms with Gasteiger partial charge in [0.05, 0.1) is 10.6 Å². The van der Waals surface area contributed by atoms with Crippen molar-refractivity contribution in [3.63, 3.8) is 0 Å². The van der Waals surface area contributed by atoms with Crippen molar-refractivity contribution in [1.29, 1.82) is 0 Å². The van der Waals surface area contributed by atoms with Crippen molar-refractivity contribution < 1.29 is 26.7 Å². The fourth-order valence-corrected chi connectivity index (χ4v) is 4.26. The maximum Gasteiger partial charge on any atom is 0.416 e. The van der Waals surface area contributed by atoms with Crippen molar-refractivity contribution in [2.24, 2.45) is 0 Å². The number of aliphatic hydroxyl groups excluding tert-OH is 1. The molecular formula is C12H15ClF3NO3S2. The highest BCUT2D eigenvalue weighted by molar-refractivity contribution is 7.98. The minimum absolute atomic E-state index is 0.149. The summed E-state index contributed by atoms with van der Waals surface area (Å²) in [5.74, 6) is 0.371. The van der Waals surface area contributed by atoms with Gasteiger partial charge in [-0.3, -0.25) is 0 Å². The van der Waals surface area contributed by atoms with Crippen LogP contribution < -0.4 is 4.72 Å². The summed E-state index contributed by atoms with van der Waals surface area (Å²) in [5.41, 5.74) is -1.10. The summed E-state index contributed by atoms with van der Waals surface area (Å²) in [4.78, 5) is -0.631. The average molecular weight is 378 g/mol. The Kier molecular flexibility index (Phi) is 7.00. The summed E-state index contributed by atoms with van der Waals surface area (Å²) in [5, 5.41) is 8.62. The molecule has 0 heterocycles. The van der Waals surface area contributed by atoms with Gasteiger partial charge in [0.2, 0.25) is 10.0 Å². The molecule has 0 aliphatic heterocycles. The van der Waals surface area contributed by atoms with Gasteiger partial charge in [0.25, 0.3) is 0 Å². The van der Waals surface area contributed by atoms with Crippen LogP contribution in [-0.2, 0) is 16.2 Å². The molecule has 126 valence electrons. The van der Waals surface area contributed by atoms with Crippen LogP contribution in [0.5, 0.6) is 0 Å². The van der Waals surface area contributed by atoms with Gasteiger partial charge < -0.3 is 5.11 Å². The molecule has 0 spiro atoms. The molecule has 0 amide bonds. The van der Waals surface area contributed by atoms with Crippen LogP contribution in [-0.4, -0.2) is 38.2 Å². The Morgan fingerprint density at radius 1 is 1.41 bits per heavy atom. The van der Waals surface area contributed by atoms with Gasteiger partial charge in [0.15, 0.2) is 0 Å². The van der Waals surface area contributed by atoms with E-state index >= 15 is 0 Å². The molecule has 10 heteroatoms. The number of hydrogen-bond donors (Lipinski definition) is 2. The number of aliphatic hydroxyl groups is 1. The molecule has 0 saturated carbocycles. The zero-order valence-corrected chi connectivity index (χ0v) is 13.9. The van der Waals surface area contributed by atoms with Gasteiger partial charge in [0, 0.05) is 18.4 Å². The van der Waals surface area contributed by atoms with E-state index in [0.717, 1.165) is 6.07 Å². The van der Waals surface area contributed by atoms with E-state index in [1.54, 1.807) is 6.26 Å². The van der Waals surface area contributed by atoms with E-state index in [1.807, 2.05) is 0 Å². The fourth-order valence-electron chi connectivity index (χ4n) is 1.70. The average Bonchev–Trinajstić information content (AvgIpc) is 2.37. The smallest absolute Gasteiger partial charge is 0.396 e. The SMILES string of the molecule is CSC[C@@H](CCO)NS(=O)(=O)c1cc(C(F)(F)F)ccc1Cl. The molecule has 0 radical (unpaired) electrons. The quantitative estimate of drug-likeness (QED) is 0.766. The largest absolute Gasteiger partial charge is 0.416 e. The summed E-state index contributed by atoms with van der Waals surface area (Å²) in [6.45, 7) is -0.246. The lowest BCUT2D eigenvalue weighted by Gasteiger charge is -2.18. The fraction of sp³-hybridized carbons (Fsp3) is 0.500. The zero-order chi connectivity index (χ0) is 17.0. The first-order chi connectivity index (χ1) is 10.1. The molecule has 1 aromatic carbocycles.